The zero-order valence-corrected chi connectivity index (χ0v) is 11.9. The summed E-state index contributed by atoms with van der Waals surface area (Å²) in [6.07, 6.45) is 2.16. The van der Waals surface area contributed by atoms with Crippen LogP contribution in [0.2, 0.25) is 5.02 Å². The first-order valence-electron chi connectivity index (χ1n) is 6.33. The molecule has 0 amide bonds. The van der Waals surface area contributed by atoms with Crippen LogP contribution >= 0.6 is 11.6 Å². The van der Waals surface area contributed by atoms with E-state index in [2.05, 4.69) is 12.2 Å². The Labute approximate surface area is 114 Å². The maximum atomic E-state index is 6.22. The lowest BCUT2D eigenvalue weighted by atomic mass is 9.73. The predicted molar refractivity (Wildman–Crippen MR) is 75.2 cm³/mol. The van der Waals surface area contributed by atoms with Crippen LogP contribution in [0, 0.1) is 12.8 Å². The largest absolute Gasteiger partial charge is 0.495 e. The fourth-order valence-corrected chi connectivity index (χ4v) is 3.04. The summed E-state index contributed by atoms with van der Waals surface area (Å²) in [5.74, 6) is 1.34. The second-order valence-corrected chi connectivity index (χ2v) is 5.51. The van der Waals surface area contributed by atoms with Crippen molar-refractivity contribution in [3.05, 3.63) is 28.3 Å². The van der Waals surface area contributed by atoms with E-state index >= 15 is 0 Å². The average Bonchev–Trinajstić information content (AvgIpc) is 2.31. The van der Waals surface area contributed by atoms with Crippen LogP contribution in [0.4, 0.5) is 0 Å². The van der Waals surface area contributed by atoms with Crippen LogP contribution in [0.15, 0.2) is 12.1 Å². The molecule has 0 spiro atoms. The van der Waals surface area contributed by atoms with Crippen LogP contribution in [-0.2, 0) is 0 Å². The molecule has 3 nitrogen and oxygen atoms in total. The quantitative estimate of drug-likeness (QED) is 0.883. The maximum absolute atomic E-state index is 6.22. The van der Waals surface area contributed by atoms with Crippen molar-refractivity contribution in [1.82, 2.24) is 5.32 Å². The molecule has 0 saturated heterocycles. The van der Waals surface area contributed by atoms with Gasteiger partial charge in [-0.05, 0) is 56.0 Å². The number of hydrogen-bond acceptors (Lipinski definition) is 3. The molecule has 0 heterocycles. The van der Waals surface area contributed by atoms with E-state index in [1.165, 1.54) is 11.1 Å². The Kier molecular flexibility index (Phi) is 4.15. The van der Waals surface area contributed by atoms with Crippen molar-refractivity contribution in [2.45, 2.75) is 31.8 Å². The van der Waals surface area contributed by atoms with Gasteiger partial charge in [-0.1, -0.05) is 11.6 Å². The van der Waals surface area contributed by atoms with Crippen LogP contribution < -0.4 is 15.8 Å². The molecule has 0 aromatic heterocycles. The summed E-state index contributed by atoms with van der Waals surface area (Å²) < 4.78 is 5.24. The van der Waals surface area contributed by atoms with Gasteiger partial charge in [0, 0.05) is 12.1 Å². The number of rotatable bonds is 4. The molecule has 0 aliphatic heterocycles. The minimum absolute atomic E-state index is 0.327. The summed E-state index contributed by atoms with van der Waals surface area (Å²) in [6, 6.07) is 4.70. The number of nitrogens with two attached hydrogens (primary N) is 1. The van der Waals surface area contributed by atoms with E-state index in [4.69, 9.17) is 22.1 Å². The molecule has 1 aromatic rings. The van der Waals surface area contributed by atoms with Crippen molar-refractivity contribution in [3.8, 4) is 5.75 Å². The highest BCUT2D eigenvalue weighted by atomic mass is 35.5. The lowest BCUT2D eigenvalue weighted by Gasteiger charge is -2.39. The topological polar surface area (TPSA) is 47.3 Å². The van der Waals surface area contributed by atoms with Gasteiger partial charge in [0.2, 0.25) is 0 Å². The third kappa shape index (κ3) is 2.48. The molecule has 1 fully saturated rings. The minimum Gasteiger partial charge on any atom is -0.495 e. The summed E-state index contributed by atoms with van der Waals surface area (Å²) in [4.78, 5) is 0. The molecular weight excluding hydrogens is 248 g/mol. The van der Waals surface area contributed by atoms with Gasteiger partial charge in [-0.3, -0.25) is 0 Å². The van der Waals surface area contributed by atoms with Crippen molar-refractivity contribution in [2.24, 2.45) is 11.7 Å². The van der Waals surface area contributed by atoms with Crippen molar-refractivity contribution in [2.75, 3.05) is 14.2 Å². The first kappa shape index (κ1) is 13.7. The van der Waals surface area contributed by atoms with Gasteiger partial charge in [0.1, 0.15) is 5.75 Å². The Morgan fingerprint density at radius 1 is 1.44 bits per heavy atom. The minimum atomic E-state index is 0.327. The molecule has 1 atom stereocenters. The van der Waals surface area contributed by atoms with Gasteiger partial charge in [-0.2, -0.15) is 0 Å². The molecule has 0 radical (unpaired) electrons. The fourth-order valence-electron chi connectivity index (χ4n) is 2.79. The SMILES string of the molecule is CNC(c1cc(Cl)c(OC)cc1C)C1CC(N)C1. The molecule has 1 saturated carbocycles. The smallest absolute Gasteiger partial charge is 0.137 e. The first-order chi connectivity index (χ1) is 8.56. The number of methoxy groups -OCH3 is 1. The molecule has 3 N–H and O–H groups in total. The van der Waals surface area contributed by atoms with Gasteiger partial charge < -0.3 is 15.8 Å². The van der Waals surface area contributed by atoms with Crippen molar-refractivity contribution >= 4 is 11.6 Å². The number of aryl methyl sites for hydroxylation is 1. The lowest BCUT2D eigenvalue weighted by Crippen LogP contribution is -2.42. The van der Waals surface area contributed by atoms with Gasteiger partial charge in [0.05, 0.1) is 12.1 Å². The van der Waals surface area contributed by atoms with E-state index in [-0.39, 0.29) is 0 Å². The van der Waals surface area contributed by atoms with Gasteiger partial charge in [-0.25, -0.2) is 0 Å². The van der Waals surface area contributed by atoms with Gasteiger partial charge in [0.15, 0.2) is 0 Å². The molecule has 18 heavy (non-hydrogen) atoms. The molecule has 2 rings (SSSR count). The number of benzene rings is 1. The molecule has 1 unspecified atom stereocenters. The lowest BCUT2D eigenvalue weighted by molar-refractivity contribution is 0.203. The Morgan fingerprint density at radius 2 is 2.11 bits per heavy atom. The molecule has 1 aromatic carbocycles. The Balaban J connectivity index is 2.28. The van der Waals surface area contributed by atoms with E-state index in [1.54, 1.807) is 7.11 Å². The van der Waals surface area contributed by atoms with Gasteiger partial charge in [-0.15, -0.1) is 0 Å². The summed E-state index contributed by atoms with van der Waals surface area (Å²) in [7, 11) is 3.63. The Morgan fingerprint density at radius 3 is 2.61 bits per heavy atom. The molecule has 4 heteroatoms. The van der Waals surface area contributed by atoms with Crippen molar-refractivity contribution in [3.63, 3.8) is 0 Å². The zero-order valence-electron chi connectivity index (χ0n) is 11.2. The zero-order chi connectivity index (χ0) is 13.3. The third-order valence-corrected chi connectivity index (χ3v) is 4.16. The highest BCUT2D eigenvalue weighted by Gasteiger charge is 2.33. The fraction of sp³-hybridized carbons (Fsp3) is 0.571. The Bertz CT molecular complexity index is 430. The summed E-state index contributed by atoms with van der Waals surface area (Å²) in [6.45, 7) is 2.09. The van der Waals surface area contributed by atoms with E-state index in [1.807, 2.05) is 19.2 Å². The summed E-state index contributed by atoms with van der Waals surface area (Å²) in [5, 5.41) is 4.06. The van der Waals surface area contributed by atoms with Gasteiger partial charge >= 0.3 is 0 Å². The van der Waals surface area contributed by atoms with Crippen molar-refractivity contribution < 1.29 is 4.74 Å². The molecular formula is C14H21ClN2O. The van der Waals surface area contributed by atoms with Crippen molar-refractivity contribution in [1.29, 1.82) is 0 Å². The third-order valence-electron chi connectivity index (χ3n) is 3.87. The van der Waals surface area contributed by atoms with E-state index < -0.39 is 0 Å². The van der Waals surface area contributed by atoms with Crippen LogP contribution in [-0.4, -0.2) is 20.2 Å². The van der Waals surface area contributed by atoms with Crippen LogP contribution in [0.3, 0.4) is 0 Å². The van der Waals surface area contributed by atoms with E-state index in [0.29, 0.717) is 23.0 Å². The normalized spacial score (nSPS) is 24.5. The molecule has 1 aliphatic rings. The van der Waals surface area contributed by atoms with Gasteiger partial charge in [0.25, 0.3) is 0 Å². The van der Waals surface area contributed by atoms with Crippen LogP contribution in [0.5, 0.6) is 5.75 Å². The molecule has 0 bridgehead atoms. The van der Waals surface area contributed by atoms with E-state index in [0.717, 1.165) is 18.6 Å². The second-order valence-electron chi connectivity index (χ2n) is 5.10. The summed E-state index contributed by atoms with van der Waals surface area (Å²) in [5.41, 5.74) is 8.33. The first-order valence-corrected chi connectivity index (χ1v) is 6.71. The number of ether oxygens (including phenoxy) is 1. The monoisotopic (exact) mass is 268 g/mol. The number of nitrogens with one attached hydrogen (secondary N) is 1. The standard InChI is InChI=1S/C14H21ClN2O/c1-8-4-13(18-3)12(15)7-11(8)14(17-2)9-5-10(16)6-9/h4,7,9-10,14,17H,5-6,16H2,1-3H3. The highest BCUT2D eigenvalue weighted by Crippen LogP contribution is 2.40. The maximum Gasteiger partial charge on any atom is 0.137 e. The molecule has 100 valence electrons. The number of halogens is 1. The highest BCUT2D eigenvalue weighted by molar-refractivity contribution is 6.32. The second kappa shape index (κ2) is 5.47. The molecule has 1 aliphatic carbocycles. The van der Waals surface area contributed by atoms with Crippen LogP contribution in [0.25, 0.3) is 0 Å². The predicted octanol–water partition coefficient (Wildman–Crippen LogP) is 2.65. The Hall–Kier alpha value is -0.770. The summed E-state index contributed by atoms with van der Waals surface area (Å²) >= 11 is 6.22. The number of hydrogen-bond donors (Lipinski definition) is 2. The average molecular weight is 269 g/mol. The van der Waals surface area contributed by atoms with E-state index in [9.17, 15) is 0 Å². The van der Waals surface area contributed by atoms with Crippen LogP contribution in [0.1, 0.15) is 30.0 Å².